The number of carbonyl (C=O) groups excluding carboxylic acids is 2. The Kier molecular flexibility index (Phi) is 11.5. The van der Waals surface area contributed by atoms with Crippen LogP contribution < -0.4 is 10.1 Å². The second-order valence-corrected chi connectivity index (χ2v) is 10.5. The van der Waals surface area contributed by atoms with Gasteiger partial charge in [0.05, 0.1) is 18.6 Å². The highest BCUT2D eigenvalue weighted by atomic mass is 32.2. The highest BCUT2D eigenvalue weighted by Crippen LogP contribution is 2.16. The Labute approximate surface area is 221 Å². The molecule has 0 aliphatic carbocycles. The second kappa shape index (κ2) is 14.3. The molecule has 12 nitrogen and oxygen atoms in total. The van der Waals surface area contributed by atoms with Gasteiger partial charge in [0.2, 0.25) is 5.91 Å². The minimum atomic E-state index is -4.01. The van der Waals surface area contributed by atoms with Crippen molar-refractivity contribution in [2.24, 2.45) is 11.0 Å². The zero-order valence-electron chi connectivity index (χ0n) is 21.6. The van der Waals surface area contributed by atoms with Gasteiger partial charge < -0.3 is 19.9 Å². The molecule has 0 bridgehead atoms. The summed E-state index contributed by atoms with van der Waals surface area (Å²) in [6, 6.07) is 10.7. The van der Waals surface area contributed by atoms with Crippen LogP contribution in [0.15, 0.2) is 58.5 Å². The quantitative estimate of drug-likeness (QED) is 0.119. The summed E-state index contributed by atoms with van der Waals surface area (Å²) in [6.45, 7) is 4.56. The second-order valence-electron chi connectivity index (χ2n) is 8.84. The zero-order valence-corrected chi connectivity index (χ0v) is 22.4. The number of benzene rings is 2. The van der Waals surface area contributed by atoms with Gasteiger partial charge in [-0.15, -0.1) is 0 Å². The fourth-order valence-corrected chi connectivity index (χ4v) is 4.22. The monoisotopic (exact) mass is 548 g/mol. The van der Waals surface area contributed by atoms with Crippen molar-refractivity contribution in [3.8, 4) is 5.75 Å². The lowest BCUT2D eigenvalue weighted by Gasteiger charge is -2.21. The molecule has 206 valence electrons. The molecule has 0 saturated carbocycles. The predicted molar refractivity (Wildman–Crippen MR) is 138 cm³/mol. The number of aryl methyl sites for hydroxylation is 1. The summed E-state index contributed by atoms with van der Waals surface area (Å²) in [5, 5.41) is 16.2. The normalized spacial score (nSPS) is 13.6. The van der Waals surface area contributed by atoms with Crippen LogP contribution in [-0.2, 0) is 35.0 Å². The van der Waals surface area contributed by atoms with Gasteiger partial charge in [-0.3, -0.25) is 8.98 Å². The first-order chi connectivity index (χ1) is 18.0. The molecule has 0 heterocycles. The third kappa shape index (κ3) is 9.34. The molecule has 0 fully saturated rings. The number of esters is 1. The first kappa shape index (κ1) is 30.6. The number of nitrogens with zero attached hydrogens (tertiary/aromatic N) is 3. The fourth-order valence-electron chi connectivity index (χ4n) is 3.28. The molecule has 0 spiro atoms. The number of amides is 1. The molecule has 0 aliphatic heterocycles. The van der Waals surface area contributed by atoms with Crippen LogP contribution in [0.1, 0.15) is 25.0 Å². The van der Waals surface area contributed by atoms with E-state index in [-0.39, 0.29) is 23.8 Å². The molecule has 2 rings (SSSR count). The molecule has 0 radical (unpaired) electrons. The lowest BCUT2D eigenvalue weighted by atomic mass is 10.0. The van der Waals surface area contributed by atoms with Crippen molar-refractivity contribution >= 4 is 22.0 Å². The number of aliphatic hydroxyl groups is 1. The molecule has 3 atom stereocenters. The maximum Gasteiger partial charge on any atom is 0.328 e. The smallest absolute Gasteiger partial charge is 0.328 e. The van der Waals surface area contributed by atoms with Gasteiger partial charge in [-0.1, -0.05) is 48.8 Å². The zero-order chi connectivity index (χ0) is 28.3. The van der Waals surface area contributed by atoms with Crippen LogP contribution in [0.5, 0.6) is 5.75 Å². The van der Waals surface area contributed by atoms with E-state index >= 15 is 0 Å². The molecule has 38 heavy (non-hydrogen) atoms. The van der Waals surface area contributed by atoms with Crippen molar-refractivity contribution in [1.29, 1.82) is 0 Å². The molecular weight excluding hydrogens is 516 g/mol. The van der Waals surface area contributed by atoms with Crippen molar-refractivity contribution in [2.75, 3.05) is 20.3 Å². The highest BCUT2D eigenvalue weighted by molar-refractivity contribution is 7.86. The Morgan fingerprint density at radius 3 is 2.26 bits per heavy atom. The third-order valence-corrected chi connectivity index (χ3v) is 6.71. The lowest BCUT2D eigenvalue weighted by Crippen LogP contribution is -2.47. The molecule has 2 aromatic rings. The minimum absolute atomic E-state index is 0.00854. The summed E-state index contributed by atoms with van der Waals surface area (Å²) in [5.74, 6) is -1.14. The maximum absolute atomic E-state index is 12.5. The number of methoxy groups -OCH3 is 1. The van der Waals surface area contributed by atoms with E-state index < -0.39 is 46.8 Å². The van der Waals surface area contributed by atoms with Crippen LogP contribution in [-0.4, -0.2) is 63.9 Å². The van der Waals surface area contributed by atoms with Gasteiger partial charge in [-0.05, 0) is 48.2 Å². The maximum atomic E-state index is 12.5. The summed E-state index contributed by atoms with van der Waals surface area (Å²) in [6.07, 6.45) is -1.11. The molecule has 13 heteroatoms. The molecular formula is C25H32N4O8S. The number of ether oxygens (including phenoxy) is 2. The number of carbonyl (C=O) groups is 2. The van der Waals surface area contributed by atoms with E-state index in [1.165, 1.54) is 19.2 Å². The van der Waals surface area contributed by atoms with E-state index in [0.717, 1.165) is 5.56 Å². The first-order valence-electron chi connectivity index (χ1n) is 11.7. The Hall–Kier alpha value is -3.64. The summed E-state index contributed by atoms with van der Waals surface area (Å²) >= 11 is 0. The summed E-state index contributed by atoms with van der Waals surface area (Å²) in [5.41, 5.74) is 10.3. The van der Waals surface area contributed by atoms with Crippen LogP contribution in [0.25, 0.3) is 10.4 Å². The van der Waals surface area contributed by atoms with Gasteiger partial charge in [0.1, 0.15) is 30.5 Å². The SMILES string of the molecule is COC(=O)[C@H](Cc1ccc(OCC(O)COS(=O)(=O)c2ccc(C)cc2)cc1)NC(=O)[C@@H](N=[N+]=[N-])C(C)C. The largest absolute Gasteiger partial charge is 0.491 e. The summed E-state index contributed by atoms with van der Waals surface area (Å²) in [4.78, 5) is 27.5. The van der Waals surface area contributed by atoms with Crippen LogP contribution in [0.4, 0.5) is 0 Å². The van der Waals surface area contributed by atoms with Crippen molar-refractivity contribution in [2.45, 2.75) is 50.3 Å². The van der Waals surface area contributed by atoms with E-state index in [4.69, 9.17) is 19.2 Å². The molecule has 0 aromatic heterocycles. The van der Waals surface area contributed by atoms with Gasteiger partial charge in [0.25, 0.3) is 10.1 Å². The van der Waals surface area contributed by atoms with Gasteiger partial charge in [-0.2, -0.15) is 8.42 Å². The van der Waals surface area contributed by atoms with Gasteiger partial charge in [0.15, 0.2) is 0 Å². The standard InChI is InChI=1S/C25H32N4O8S/c1-16(2)23(28-29-26)24(31)27-22(25(32)35-4)13-18-7-9-20(10-8-18)36-14-19(30)15-37-38(33,34)21-11-5-17(3)6-12-21/h5-12,16,19,22-23,30H,13-15H2,1-4H3,(H,27,31)/t19?,22-,23-/m0/s1. The van der Waals surface area contributed by atoms with E-state index in [1.54, 1.807) is 50.2 Å². The number of nitrogens with one attached hydrogen (secondary N) is 1. The molecule has 2 aromatic carbocycles. The Morgan fingerprint density at radius 2 is 1.71 bits per heavy atom. The Bertz CT molecular complexity index is 1230. The average Bonchev–Trinajstić information content (AvgIpc) is 2.89. The van der Waals surface area contributed by atoms with E-state index in [0.29, 0.717) is 11.3 Å². The molecule has 0 aliphatic rings. The number of rotatable bonds is 14. The van der Waals surface area contributed by atoms with Gasteiger partial charge in [-0.25, -0.2) is 4.79 Å². The van der Waals surface area contributed by atoms with Crippen molar-refractivity contribution in [1.82, 2.24) is 5.32 Å². The van der Waals surface area contributed by atoms with Crippen LogP contribution in [0.3, 0.4) is 0 Å². The average molecular weight is 549 g/mol. The summed E-state index contributed by atoms with van der Waals surface area (Å²) < 4.78 is 39.7. The predicted octanol–water partition coefficient (Wildman–Crippen LogP) is 2.68. The van der Waals surface area contributed by atoms with E-state index in [1.807, 2.05) is 6.92 Å². The molecule has 1 unspecified atom stereocenters. The number of aliphatic hydroxyl groups excluding tert-OH is 1. The lowest BCUT2D eigenvalue weighted by molar-refractivity contribution is -0.145. The third-order valence-electron chi connectivity index (χ3n) is 5.41. The van der Waals surface area contributed by atoms with Crippen molar-refractivity contribution < 1.29 is 36.8 Å². The van der Waals surface area contributed by atoms with Crippen LogP contribution >= 0.6 is 0 Å². The summed E-state index contributed by atoms with van der Waals surface area (Å²) in [7, 11) is -2.81. The highest BCUT2D eigenvalue weighted by Gasteiger charge is 2.27. The van der Waals surface area contributed by atoms with Gasteiger partial charge >= 0.3 is 5.97 Å². The minimum Gasteiger partial charge on any atom is -0.491 e. The topological polar surface area (TPSA) is 177 Å². The van der Waals surface area contributed by atoms with Gasteiger partial charge in [0, 0.05) is 11.3 Å². The van der Waals surface area contributed by atoms with Crippen molar-refractivity contribution in [3.05, 3.63) is 70.1 Å². The molecule has 1 amide bonds. The number of azide groups is 1. The van der Waals surface area contributed by atoms with Crippen LogP contribution in [0, 0.1) is 12.8 Å². The number of hydrogen-bond donors (Lipinski definition) is 2. The molecule has 0 saturated heterocycles. The van der Waals surface area contributed by atoms with Crippen LogP contribution in [0.2, 0.25) is 0 Å². The van der Waals surface area contributed by atoms with Crippen molar-refractivity contribution in [3.63, 3.8) is 0 Å². The Morgan fingerprint density at radius 1 is 1.08 bits per heavy atom. The first-order valence-corrected chi connectivity index (χ1v) is 13.2. The molecule has 2 N–H and O–H groups in total. The number of hydrogen-bond acceptors (Lipinski definition) is 9. The fraction of sp³-hybridized carbons (Fsp3) is 0.440. The Balaban J connectivity index is 1.92. The van der Waals surface area contributed by atoms with E-state index in [9.17, 15) is 23.1 Å². The van der Waals surface area contributed by atoms with E-state index in [2.05, 4.69) is 15.3 Å².